The number of rotatable bonds is 5. The maximum atomic E-state index is 11.6. The molecular weight excluding hydrogens is 240 g/mol. The monoisotopic (exact) mass is 258 g/mol. The normalized spacial score (nSPS) is 23.5. The predicted molar refractivity (Wildman–Crippen MR) is 60.5 cm³/mol. The Labute approximate surface area is 106 Å². The minimum Gasteiger partial charge on any atom is -0.466 e. The van der Waals surface area contributed by atoms with E-state index in [1.54, 1.807) is 6.92 Å². The molecule has 18 heavy (non-hydrogen) atoms. The number of ether oxygens (including phenoxy) is 3. The lowest BCUT2D eigenvalue weighted by Crippen LogP contribution is -2.43. The van der Waals surface area contributed by atoms with Crippen molar-refractivity contribution in [3.05, 3.63) is 0 Å². The molecule has 0 N–H and O–H groups in total. The standard InChI is InChI=1S/C12H18O6/c1-4-16-12(15)9-5-6-10(9)18-11(14)7(2)17-8(3)13/h7,9-10H,4-6H2,1-3H3/t7-,9+,10-/m0/s1. The minimum absolute atomic E-state index is 0.305. The summed E-state index contributed by atoms with van der Waals surface area (Å²) in [6.07, 6.45) is -0.138. The number of carbonyl (C=O) groups is 3. The third-order valence-electron chi connectivity index (χ3n) is 2.74. The minimum atomic E-state index is -0.953. The molecule has 0 amide bonds. The molecule has 1 aliphatic rings. The molecule has 6 nitrogen and oxygen atoms in total. The first kappa shape index (κ1) is 14.5. The quantitative estimate of drug-likeness (QED) is 0.536. The molecule has 0 aromatic rings. The summed E-state index contributed by atoms with van der Waals surface area (Å²) in [4.78, 5) is 33.7. The molecule has 102 valence electrons. The Morgan fingerprint density at radius 2 is 1.94 bits per heavy atom. The van der Waals surface area contributed by atoms with Crippen LogP contribution in [0.4, 0.5) is 0 Å². The Balaban J connectivity index is 2.41. The Bertz CT molecular complexity index is 337. The summed E-state index contributed by atoms with van der Waals surface area (Å²) in [5.41, 5.74) is 0. The molecule has 1 rings (SSSR count). The molecular formula is C12H18O6. The molecule has 0 aliphatic heterocycles. The van der Waals surface area contributed by atoms with E-state index in [0.29, 0.717) is 19.4 Å². The molecule has 0 spiro atoms. The van der Waals surface area contributed by atoms with Crippen molar-refractivity contribution >= 4 is 17.9 Å². The second kappa shape index (κ2) is 6.37. The van der Waals surface area contributed by atoms with Crippen LogP contribution in [0.25, 0.3) is 0 Å². The summed E-state index contributed by atoms with van der Waals surface area (Å²) >= 11 is 0. The highest BCUT2D eigenvalue weighted by molar-refractivity contribution is 5.79. The van der Waals surface area contributed by atoms with Gasteiger partial charge in [-0.25, -0.2) is 4.79 Å². The smallest absolute Gasteiger partial charge is 0.347 e. The van der Waals surface area contributed by atoms with Crippen molar-refractivity contribution in [2.24, 2.45) is 5.92 Å². The maximum absolute atomic E-state index is 11.6. The van der Waals surface area contributed by atoms with Gasteiger partial charge in [-0.05, 0) is 26.7 Å². The molecule has 1 aliphatic carbocycles. The van der Waals surface area contributed by atoms with Gasteiger partial charge in [-0.2, -0.15) is 0 Å². The fourth-order valence-corrected chi connectivity index (χ4v) is 1.67. The van der Waals surface area contributed by atoms with Gasteiger partial charge in [0.1, 0.15) is 6.10 Å². The van der Waals surface area contributed by atoms with Crippen LogP contribution in [0.15, 0.2) is 0 Å². The number of hydrogen-bond donors (Lipinski definition) is 0. The van der Waals surface area contributed by atoms with Crippen molar-refractivity contribution in [2.45, 2.75) is 45.8 Å². The molecule has 0 saturated heterocycles. The van der Waals surface area contributed by atoms with E-state index >= 15 is 0 Å². The predicted octanol–water partition coefficient (Wildman–Crippen LogP) is 0.823. The lowest BCUT2D eigenvalue weighted by Gasteiger charge is -2.34. The van der Waals surface area contributed by atoms with Gasteiger partial charge in [0.25, 0.3) is 0 Å². The highest BCUT2D eigenvalue weighted by Crippen LogP contribution is 2.31. The van der Waals surface area contributed by atoms with Gasteiger partial charge < -0.3 is 14.2 Å². The van der Waals surface area contributed by atoms with Gasteiger partial charge in [-0.1, -0.05) is 0 Å². The third kappa shape index (κ3) is 3.72. The maximum Gasteiger partial charge on any atom is 0.347 e. The van der Waals surface area contributed by atoms with Crippen molar-refractivity contribution in [3.63, 3.8) is 0 Å². The first-order valence-electron chi connectivity index (χ1n) is 6.00. The van der Waals surface area contributed by atoms with E-state index in [9.17, 15) is 14.4 Å². The number of hydrogen-bond acceptors (Lipinski definition) is 6. The van der Waals surface area contributed by atoms with Gasteiger partial charge in [-0.3, -0.25) is 9.59 Å². The van der Waals surface area contributed by atoms with Crippen molar-refractivity contribution in [1.29, 1.82) is 0 Å². The Morgan fingerprint density at radius 3 is 2.39 bits per heavy atom. The van der Waals surface area contributed by atoms with Crippen molar-refractivity contribution in [1.82, 2.24) is 0 Å². The number of esters is 3. The molecule has 0 aromatic carbocycles. The Morgan fingerprint density at radius 1 is 1.28 bits per heavy atom. The number of carbonyl (C=O) groups excluding carboxylic acids is 3. The fraction of sp³-hybridized carbons (Fsp3) is 0.750. The lowest BCUT2D eigenvalue weighted by molar-refractivity contribution is -0.181. The molecule has 0 heterocycles. The Kier molecular flexibility index (Phi) is 5.12. The first-order chi connectivity index (χ1) is 8.45. The van der Waals surface area contributed by atoms with E-state index in [2.05, 4.69) is 0 Å². The first-order valence-corrected chi connectivity index (χ1v) is 6.00. The van der Waals surface area contributed by atoms with Crippen LogP contribution in [-0.4, -0.2) is 36.7 Å². The highest BCUT2D eigenvalue weighted by Gasteiger charge is 2.41. The van der Waals surface area contributed by atoms with Gasteiger partial charge in [-0.15, -0.1) is 0 Å². The van der Waals surface area contributed by atoms with Gasteiger partial charge in [0.05, 0.1) is 12.5 Å². The topological polar surface area (TPSA) is 78.9 Å². The lowest BCUT2D eigenvalue weighted by atomic mass is 9.82. The molecule has 0 radical (unpaired) electrons. The van der Waals surface area contributed by atoms with Crippen LogP contribution in [0.1, 0.15) is 33.6 Å². The van der Waals surface area contributed by atoms with Crippen LogP contribution in [0.2, 0.25) is 0 Å². The zero-order valence-electron chi connectivity index (χ0n) is 10.8. The largest absolute Gasteiger partial charge is 0.466 e. The van der Waals surface area contributed by atoms with Gasteiger partial charge in [0.2, 0.25) is 0 Å². The van der Waals surface area contributed by atoms with E-state index in [1.807, 2.05) is 0 Å². The van der Waals surface area contributed by atoms with Gasteiger partial charge in [0, 0.05) is 6.92 Å². The fourth-order valence-electron chi connectivity index (χ4n) is 1.67. The van der Waals surface area contributed by atoms with Crippen LogP contribution < -0.4 is 0 Å². The zero-order chi connectivity index (χ0) is 13.7. The average Bonchev–Trinajstić information content (AvgIpc) is 2.23. The highest BCUT2D eigenvalue weighted by atomic mass is 16.6. The van der Waals surface area contributed by atoms with E-state index in [1.165, 1.54) is 13.8 Å². The molecule has 6 heteroatoms. The Hall–Kier alpha value is -1.59. The van der Waals surface area contributed by atoms with E-state index in [4.69, 9.17) is 14.2 Å². The van der Waals surface area contributed by atoms with Gasteiger partial charge >= 0.3 is 17.9 Å². The van der Waals surface area contributed by atoms with Crippen molar-refractivity contribution < 1.29 is 28.6 Å². The van der Waals surface area contributed by atoms with Crippen LogP contribution in [-0.2, 0) is 28.6 Å². The van der Waals surface area contributed by atoms with Crippen LogP contribution in [0.5, 0.6) is 0 Å². The van der Waals surface area contributed by atoms with E-state index in [0.717, 1.165) is 0 Å². The summed E-state index contributed by atoms with van der Waals surface area (Å²) in [7, 11) is 0. The van der Waals surface area contributed by atoms with Gasteiger partial charge in [0.15, 0.2) is 6.10 Å². The van der Waals surface area contributed by atoms with Crippen molar-refractivity contribution in [2.75, 3.05) is 6.61 Å². The zero-order valence-corrected chi connectivity index (χ0v) is 10.8. The third-order valence-corrected chi connectivity index (χ3v) is 2.74. The summed E-state index contributed by atoms with van der Waals surface area (Å²) in [5.74, 6) is -1.92. The van der Waals surface area contributed by atoms with Crippen LogP contribution in [0, 0.1) is 5.92 Å². The summed E-state index contributed by atoms with van der Waals surface area (Å²) in [6.45, 7) is 4.68. The SMILES string of the molecule is CCOC(=O)[C@@H]1CC[C@@H]1OC(=O)[C@H](C)OC(C)=O. The summed E-state index contributed by atoms with van der Waals surface area (Å²) < 4.78 is 14.7. The average molecular weight is 258 g/mol. The molecule has 0 unspecified atom stereocenters. The second-order valence-electron chi connectivity index (χ2n) is 4.16. The molecule has 1 saturated carbocycles. The van der Waals surface area contributed by atoms with Crippen LogP contribution >= 0.6 is 0 Å². The summed E-state index contributed by atoms with van der Waals surface area (Å²) in [5, 5.41) is 0. The van der Waals surface area contributed by atoms with E-state index < -0.39 is 30.1 Å². The van der Waals surface area contributed by atoms with E-state index in [-0.39, 0.29) is 5.97 Å². The van der Waals surface area contributed by atoms with Crippen molar-refractivity contribution in [3.8, 4) is 0 Å². The molecule has 3 atom stereocenters. The summed E-state index contributed by atoms with van der Waals surface area (Å²) in [6, 6.07) is 0. The molecule has 0 aromatic heterocycles. The second-order valence-corrected chi connectivity index (χ2v) is 4.16. The van der Waals surface area contributed by atoms with Crippen LogP contribution in [0.3, 0.4) is 0 Å². The molecule has 0 bridgehead atoms. The molecule has 1 fully saturated rings.